The van der Waals surface area contributed by atoms with Gasteiger partial charge in [-0.2, -0.15) is 0 Å². The van der Waals surface area contributed by atoms with Gasteiger partial charge in [0.25, 0.3) is 11.8 Å². The SMILES string of the molecule is O=CN1CCN(C(=O)c2nc(C(=O)NC3CCCCC3)n3c2CCCC3)CC1. The fourth-order valence-corrected chi connectivity index (χ4v) is 4.56. The molecule has 0 bridgehead atoms. The van der Waals surface area contributed by atoms with Gasteiger partial charge in [-0.3, -0.25) is 14.4 Å². The Kier molecular flexibility index (Phi) is 5.64. The number of rotatable bonds is 4. The smallest absolute Gasteiger partial charge is 0.287 e. The van der Waals surface area contributed by atoms with Gasteiger partial charge in [-0.05, 0) is 32.1 Å². The molecular formula is C20H29N5O3. The lowest BCUT2D eigenvalue weighted by Gasteiger charge is -2.32. The van der Waals surface area contributed by atoms with Gasteiger partial charge in [0.1, 0.15) is 5.69 Å². The predicted molar refractivity (Wildman–Crippen MR) is 103 cm³/mol. The zero-order chi connectivity index (χ0) is 19.5. The molecule has 2 aliphatic heterocycles. The van der Waals surface area contributed by atoms with Crippen LogP contribution < -0.4 is 5.32 Å². The van der Waals surface area contributed by atoms with Crippen LogP contribution in [0.2, 0.25) is 0 Å². The summed E-state index contributed by atoms with van der Waals surface area (Å²) >= 11 is 0. The second-order valence-corrected chi connectivity index (χ2v) is 8.08. The lowest BCUT2D eigenvalue weighted by atomic mass is 9.95. The molecule has 0 radical (unpaired) electrons. The van der Waals surface area contributed by atoms with Crippen LogP contribution in [0, 0.1) is 0 Å². The fourth-order valence-electron chi connectivity index (χ4n) is 4.56. The van der Waals surface area contributed by atoms with Crippen LogP contribution in [0.25, 0.3) is 0 Å². The van der Waals surface area contributed by atoms with Crippen LogP contribution in [-0.4, -0.2) is 69.8 Å². The van der Waals surface area contributed by atoms with E-state index >= 15 is 0 Å². The van der Waals surface area contributed by atoms with Gasteiger partial charge in [0, 0.05) is 38.8 Å². The third-order valence-corrected chi connectivity index (χ3v) is 6.21. The normalized spacial score (nSPS) is 20.6. The first-order valence-electron chi connectivity index (χ1n) is 10.6. The molecule has 1 aromatic rings. The number of amides is 3. The quantitative estimate of drug-likeness (QED) is 0.787. The lowest BCUT2D eigenvalue weighted by molar-refractivity contribution is -0.119. The molecule has 1 N–H and O–H groups in total. The van der Waals surface area contributed by atoms with Crippen LogP contribution >= 0.6 is 0 Å². The molecular weight excluding hydrogens is 358 g/mol. The minimum Gasteiger partial charge on any atom is -0.347 e. The summed E-state index contributed by atoms with van der Waals surface area (Å²) in [5, 5.41) is 3.14. The number of hydrogen-bond donors (Lipinski definition) is 1. The Morgan fingerprint density at radius 3 is 2.43 bits per heavy atom. The first-order chi connectivity index (χ1) is 13.7. The maximum absolute atomic E-state index is 13.1. The predicted octanol–water partition coefficient (Wildman–Crippen LogP) is 1.20. The van der Waals surface area contributed by atoms with Gasteiger partial charge in [-0.25, -0.2) is 4.98 Å². The van der Waals surface area contributed by atoms with Crippen molar-refractivity contribution in [1.29, 1.82) is 0 Å². The van der Waals surface area contributed by atoms with Crippen molar-refractivity contribution in [2.45, 2.75) is 64.0 Å². The monoisotopic (exact) mass is 387 g/mol. The molecule has 3 heterocycles. The van der Waals surface area contributed by atoms with E-state index in [1.54, 1.807) is 9.80 Å². The van der Waals surface area contributed by atoms with E-state index in [-0.39, 0.29) is 17.9 Å². The van der Waals surface area contributed by atoms with Crippen molar-refractivity contribution in [3.63, 3.8) is 0 Å². The van der Waals surface area contributed by atoms with Crippen molar-refractivity contribution in [2.24, 2.45) is 0 Å². The Bertz CT molecular complexity index is 745. The maximum atomic E-state index is 13.1. The molecule has 28 heavy (non-hydrogen) atoms. The van der Waals surface area contributed by atoms with Crippen molar-refractivity contribution in [3.05, 3.63) is 17.2 Å². The first kappa shape index (κ1) is 19.0. The molecule has 3 amide bonds. The number of nitrogens with zero attached hydrogens (tertiary/aromatic N) is 4. The standard InChI is InChI=1S/C20H29N5O3/c26-14-23-10-12-24(13-11-23)20(28)17-16-8-4-5-9-25(16)18(22-17)19(27)21-15-6-2-1-3-7-15/h14-15H,1-13H2,(H,21,27). The molecule has 0 spiro atoms. The van der Waals surface area contributed by atoms with Gasteiger partial charge in [-0.1, -0.05) is 19.3 Å². The van der Waals surface area contributed by atoms with Crippen LogP contribution in [0.4, 0.5) is 0 Å². The summed E-state index contributed by atoms with van der Waals surface area (Å²) in [6.45, 7) is 2.84. The number of carbonyl (C=O) groups excluding carboxylic acids is 3. The summed E-state index contributed by atoms with van der Waals surface area (Å²) in [7, 11) is 0. The number of nitrogens with one attached hydrogen (secondary N) is 1. The molecule has 152 valence electrons. The molecule has 1 aromatic heterocycles. The molecule has 4 rings (SSSR count). The van der Waals surface area contributed by atoms with Crippen molar-refractivity contribution in [3.8, 4) is 0 Å². The van der Waals surface area contributed by atoms with Crippen LogP contribution in [0.15, 0.2) is 0 Å². The lowest BCUT2D eigenvalue weighted by Crippen LogP contribution is -2.48. The number of aromatic nitrogens is 2. The Hall–Kier alpha value is -2.38. The zero-order valence-electron chi connectivity index (χ0n) is 16.4. The molecule has 1 saturated heterocycles. The van der Waals surface area contributed by atoms with Crippen LogP contribution in [0.5, 0.6) is 0 Å². The second-order valence-electron chi connectivity index (χ2n) is 8.08. The summed E-state index contributed by atoms with van der Waals surface area (Å²) in [5.74, 6) is 0.114. The van der Waals surface area contributed by atoms with E-state index in [0.717, 1.165) is 63.6 Å². The van der Waals surface area contributed by atoms with Gasteiger partial charge < -0.3 is 19.7 Å². The average Bonchev–Trinajstić information content (AvgIpc) is 3.14. The maximum Gasteiger partial charge on any atom is 0.287 e. The first-order valence-corrected chi connectivity index (χ1v) is 10.6. The molecule has 0 aromatic carbocycles. The van der Waals surface area contributed by atoms with E-state index in [9.17, 15) is 14.4 Å². The summed E-state index contributed by atoms with van der Waals surface area (Å²) in [4.78, 5) is 44.9. The van der Waals surface area contributed by atoms with E-state index in [4.69, 9.17) is 0 Å². The highest BCUT2D eigenvalue weighted by Gasteiger charge is 2.31. The minimum atomic E-state index is -0.153. The third kappa shape index (κ3) is 3.77. The number of imidazole rings is 1. The number of hydrogen-bond acceptors (Lipinski definition) is 4. The van der Waals surface area contributed by atoms with Gasteiger partial charge in [0.2, 0.25) is 6.41 Å². The Labute approximate surface area is 165 Å². The summed E-state index contributed by atoms with van der Waals surface area (Å²) < 4.78 is 1.95. The molecule has 8 heteroatoms. The largest absolute Gasteiger partial charge is 0.347 e. The molecule has 0 atom stereocenters. The van der Waals surface area contributed by atoms with Crippen LogP contribution in [0.1, 0.15) is 71.7 Å². The highest BCUT2D eigenvalue weighted by molar-refractivity contribution is 5.97. The Morgan fingerprint density at radius 2 is 1.71 bits per heavy atom. The Morgan fingerprint density at radius 1 is 0.964 bits per heavy atom. The molecule has 1 aliphatic carbocycles. The third-order valence-electron chi connectivity index (χ3n) is 6.21. The number of piperazine rings is 1. The van der Waals surface area contributed by atoms with E-state index in [1.807, 2.05) is 4.57 Å². The van der Waals surface area contributed by atoms with E-state index in [1.165, 1.54) is 6.42 Å². The van der Waals surface area contributed by atoms with Crippen molar-refractivity contribution in [1.82, 2.24) is 24.7 Å². The molecule has 0 unspecified atom stereocenters. The van der Waals surface area contributed by atoms with Crippen LogP contribution in [-0.2, 0) is 17.8 Å². The number of fused-ring (bicyclic) bond motifs is 1. The van der Waals surface area contributed by atoms with Crippen LogP contribution in [0.3, 0.4) is 0 Å². The summed E-state index contributed by atoms with van der Waals surface area (Å²) in [6.07, 6.45) is 9.20. The topological polar surface area (TPSA) is 87.5 Å². The average molecular weight is 387 g/mol. The van der Waals surface area contributed by atoms with Crippen molar-refractivity contribution in [2.75, 3.05) is 26.2 Å². The van der Waals surface area contributed by atoms with Gasteiger partial charge >= 0.3 is 0 Å². The summed E-state index contributed by atoms with van der Waals surface area (Å²) in [5.41, 5.74) is 1.32. The number of carbonyl (C=O) groups is 3. The molecule has 3 aliphatic rings. The highest BCUT2D eigenvalue weighted by Crippen LogP contribution is 2.24. The minimum absolute atomic E-state index is 0.118. The molecule has 2 fully saturated rings. The van der Waals surface area contributed by atoms with Crippen molar-refractivity contribution >= 4 is 18.2 Å². The van der Waals surface area contributed by atoms with Gasteiger partial charge in [0.05, 0.1) is 5.69 Å². The van der Waals surface area contributed by atoms with Gasteiger partial charge in [-0.15, -0.1) is 0 Å². The summed E-state index contributed by atoms with van der Waals surface area (Å²) in [6, 6.07) is 0.216. The Balaban J connectivity index is 1.54. The molecule has 8 nitrogen and oxygen atoms in total. The van der Waals surface area contributed by atoms with Gasteiger partial charge in [0.15, 0.2) is 5.82 Å². The highest BCUT2D eigenvalue weighted by atomic mass is 16.2. The molecule has 1 saturated carbocycles. The zero-order valence-corrected chi connectivity index (χ0v) is 16.4. The second kappa shape index (κ2) is 8.32. The fraction of sp³-hybridized carbons (Fsp3) is 0.700. The van der Waals surface area contributed by atoms with E-state index in [0.29, 0.717) is 37.7 Å². The van der Waals surface area contributed by atoms with E-state index in [2.05, 4.69) is 10.3 Å². The van der Waals surface area contributed by atoms with E-state index < -0.39 is 0 Å². The van der Waals surface area contributed by atoms with Crippen molar-refractivity contribution < 1.29 is 14.4 Å².